The van der Waals surface area contributed by atoms with Gasteiger partial charge in [-0.3, -0.25) is 4.79 Å². The summed E-state index contributed by atoms with van der Waals surface area (Å²) < 4.78 is 15.6. The van der Waals surface area contributed by atoms with Gasteiger partial charge in [0, 0.05) is 23.7 Å². The first-order valence-electron chi connectivity index (χ1n) is 6.61. The van der Waals surface area contributed by atoms with Crippen molar-refractivity contribution in [1.29, 1.82) is 0 Å². The Kier molecular flexibility index (Phi) is 3.37. The van der Waals surface area contributed by atoms with E-state index in [9.17, 15) is 9.18 Å². The Morgan fingerprint density at radius 1 is 1.32 bits per heavy atom. The van der Waals surface area contributed by atoms with Crippen molar-refractivity contribution in [1.82, 2.24) is 9.55 Å². The predicted octanol–water partition coefficient (Wildman–Crippen LogP) is 3.44. The maximum absolute atomic E-state index is 13.8. The number of hydrogen-bond donors (Lipinski definition) is 1. The minimum absolute atomic E-state index is 0.0794. The summed E-state index contributed by atoms with van der Waals surface area (Å²) in [5, 5.41) is 0.905. The molecule has 0 bridgehead atoms. The molecule has 0 saturated carbocycles. The second-order valence-electron chi connectivity index (χ2n) is 5.08. The molecular weight excluding hydrogens is 305 g/mol. The van der Waals surface area contributed by atoms with Crippen molar-refractivity contribution in [3.05, 3.63) is 52.6 Å². The molecule has 0 unspecified atom stereocenters. The summed E-state index contributed by atoms with van der Waals surface area (Å²) >= 11 is 5.74. The number of rotatable bonds is 2. The van der Waals surface area contributed by atoms with Gasteiger partial charge in [-0.25, -0.2) is 9.37 Å². The largest absolute Gasteiger partial charge is 0.364 e. The molecular formula is C16H13ClFN3O. The average molecular weight is 318 g/mol. The fourth-order valence-electron chi connectivity index (χ4n) is 2.57. The number of nitrogens with zero attached hydrogens (tertiary/aromatic N) is 2. The van der Waals surface area contributed by atoms with Gasteiger partial charge in [-0.05, 0) is 36.8 Å². The molecule has 3 aromatic rings. The van der Waals surface area contributed by atoms with Gasteiger partial charge in [0.05, 0.1) is 5.02 Å². The van der Waals surface area contributed by atoms with Crippen LogP contribution in [0.1, 0.15) is 16.2 Å². The molecule has 0 aliphatic heterocycles. The quantitative estimate of drug-likeness (QED) is 0.787. The molecule has 0 spiro atoms. The maximum atomic E-state index is 13.8. The van der Waals surface area contributed by atoms with Crippen LogP contribution in [0.5, 0.6) is 0 Å². The van der Waals surface area contributed by atoms with Gasteiger partial charge in [0.1, 0.15) is 17.2 Å². The van der Waals surface area contributed by atoms with Gasteiger partial charge in [-0.1, -0.05) is 17.7 Å². The Morgan fingerprint density at radius 3 is 2.68 bits per heavy atom. The molecule has 6 heteroatoms. The van der Waals surface area contributed by atoms with Crippen LogP contribution in [0.25, 0.3) is 22.2 Å². The summed E-state index contributed by atoms with van der Waals surface area (Å²) in [4.78, 5) is 15.6. The molecule has 1 aromatic carbocycles. The van der Waals surface area contributed by atoms with Crippen LogP contribution in [0.15, 0.2) is 30.3 Å². The van der Waals surface area contributed by atoms with Gasteiger partial charge in [0.15, 0.2) is 0 Å². The number of aromatic nitrogens is 2. The predicted molar refractivity (Wildman–Crippen MR) is 84.4 cm³/mol. The highest BCUT2D eigenvalue weighted by atomic mass is 35.5. The molecule has 4 nitrogen and oxygen atoms in total. The van der Waals surface area contributed by atoms with Crippen molar-refractivity contribution >= 4 is 28.5 Å². The number of benzene rings is 1. The lowest BCUT2D eigenvalue weighted by molar-refractivity contribution is 0.0996. The van der Waals surface area contributed by atoms with E-state index < -0.39 is 11.7 Å². The van der Waals surface area contributed by atoms with E-state index in [0.29, 0.717) is 11.2 Å². The van der Waals surface area contributed by atoms with Gasteiger partial charge in [0.25, 0.3) is 5.91 Å². The summed E-state index contributed by atoms with van der Waals surface area (Å²) in [6, 6.07) is 8.02. The average Bonchev–Trinajstić information content (AvgIpc) is 2.74. The second kappa shape index (κ2) is 5.10. The molecule has 2 aromatic heterocycles. The number of amides is 1. The number of pyridine rings is 1. The summed E-state index contributed by atoms with van der Waals surface area (Å²) in [6.07, 6.45) is 0. The van der Waals surface area contributed by atoms with Crippen LogP contribution in [0, 0.1) is 12.7 Å². The molecule has 0 atom stereocenters. The number of carbonyl (C=O) groups excluding carboxylic acids is 1. The highest BCUT2D eigenvalue weighted by molar-refractivity contribution is 6.30. The first-order chi connectivity index (χ1) is 10.4. The smallest absolute Gasteiger partial charge is 0.267 e. The molecule has 2 heterocycles. The lowest BCUT2D eigenvalue weighted by Crippen LogP contribution is -2.13. The second-order valence-corrected chi connectivity index (χ2v) is 5.49. The molecule has 3 rings (SSSR count). The molecule has 0 fully saturated rings. The fraction of sp³-hybridized carbons (Fsp3) is 0.125. The first-order valence-corrected chi connectivity index (χ1v) is 6.99. The SMILES string of the molecule is Cc1c(-c2ccc(Cl)c(F)c2)c2ccc(C(N)=O)nc2n1C. The molecule has 0 aliphatic rings. The van der Waals surface area contributed by atoms with E-state index in [1.54, 1.807) is 18.2 Å². The van der Waals surface area contributed by atoms with Crippen molar-refractivity contribution in [2.24, 2.45) is 12.8 Å². The first kappa shape index (κ1) is 14.5. The number of hydrogen-bond acceptors (Lipinski definition) is 2. The fourth-order valence-corrected chi connectivity index (χ4v) is 2.69. The lowest BCUT2D eigenvalue weighted by Gasteiger charge is -2.04. The van der Waals surface area contributed by atoms with E-state index in [0.717, 1.165) is 16.6 Å². The molecule has 2 N–H and O–H groups in total. The van der Waals surface area contributed by atoms with E-state index >= 15 is 0 Å². The third kappa shape index (κ3) is 2.14. The number of halogens is 2. The summed E-state index contributed by atoms with van der Waals surface area (Å²) in [5.74, 6) is -1.06. The van der Waals surface area contributed by atoms with Crippen LogP contribution in [0.3, 0.4) is 0 Å². The molecule has 0 radical (unpaired) electrons. The highest BCUT2D eigenvalue weighted by Crippen LogP contribution is 2.34. The van der Waals surface area contributed by atoms with E-state index in [4.69, 9.17) is 17.3 Å². The van der Waals surface area contributed by atoms with Crippen molar-refractivity contribution < 1.29 is 9.18 Å². The summed E-state index contributed by atoms with van der Waals surface area (Å²) in [6.45, 7) is 1.91. The number of aryl methyl sites for hydroxylation is 1. The van der Waals surface area contributed by atoms with Gasteiger partial charge < -0.3 is 10.3 Å². The number of primary amides is 1. The number of carbonyl (C=O) groups is 1. The van der Waals surface area contributed by atoms with E-state index in [-0.39, 0.29) is 10.7 Å². The Labute approximate surface area is 131 Å². The van der Waals surface area contributed by atoms with Gasteiger partial charge >= 0.3 is 0 Å². The third-order valence-electron chi connectivity index (χ3n) is 3.79. The minimum atomic E-state index is -0.583. The van der Waals surface area contributed by atoms with Crippen LogP contribution in [0.4, 0.5) is 4.39 Å². The Hall–Kier alpha value is -2.40. The Bertz CT molecular complexity index is 917. The van der Waals surface area contributed by atoms with Crippen molar-refractivity contribution in [3.8, 4) is 11.1 Å². The lowest BCUT2D eigenvalue weighted by atomic mass is 10.0. The van der Waals surface area contributed by atoms with Gasteiger partial charge in [-0.2, -0.15) is 0 Å². The zero-order valence-electron chi connectivity index (χ0n) is 12.0. The third-order valence-corrected chi connectivity index (χ3v) is 4.09. The molecule has 22 heavy (non-hydrogen) atoms. The zero-order chi connectivity index (χ0) is 16.0. The Morgan fingerprint density at radius 2 is 2.05 bits per heavy atom. The topological polar surface area (TPSA) is 60.9 Å². The molecule has 0 aliphatic carbocycles. The zero-order valence-corrected chi connectivity index (χ0v) is 12.8. The summed E-state index contributed by atoms with van der Waals surface area (Å²) in [5.41, 5.74) is 8.57. The molecule has 0 saturated heterocycles. The summed E-state index contributed by atoms with van der Waals surface area (Å²) in [7, 11) is 1.84. The van der Waals surface area contributed by atoms with Crippen LogP contribution in [0.2, 0.25) is 5.02 Å². The molecule has 1 amide bonds. The Balaban J connectivity index is 2.32. The van der Waals surface area contributed by atoms with E-state index in [1.807, 2.05) is 18.5 Å². The molecule has 112 valence electrons. The van der Waals surface area contributed by atoms with Crippen molar-refractivity contribution in [2.75, 3.05) is 0 Å². The van der Waals surface area contributed by atoms with Gasteiger partial charge in [-0.15, -0.1) is 0 Å². The maximum Gasteiger partial charge on any atom is 0.267 e. The standard InChI is InChI=1S/C16H13ClFN3O/c1-8-14(9-3-5-11(17)12(18)7-9)10-4-6-13(15(19)22)20-16(10)21(8)2/h3-7H,1-2H3,(H2,19,22). The van der Waals surface area contributed by atoms with Crippen LogP contribution in [-0.2, 0) is 7.05 Å². The normalized spacial score (nSPS) is 11.1. The van der Waals surface area contributed by atoms with Crippen LogP contribution in [-0.4, -0.2) is 15.5 Å². The number of fused-ring (bicyclic) bond motifs is 1. The van der Waals surface area contributed by atoms with E-state index in [1.165, 1.54) is 12.1 Å². The number of nitrogens with two attached hydrogens (primary N) is 1. The van der Waals surface area contributed by atoms with Crippen LogP contribution < -0.4 is 5.73 Å². The van der Waals surface area contributed by atoms with Crippen LogP contribution >= 0.6 is 11.6 Å². The minimum Gasteiger partial charge on any atom is -0.364 e. The van der Waals surface area contributed by atoms with E-state index in [2.05, 4.69) is 4.98 Å². The van der Waals surface area contributed by atoms with Crippen molar-refractivity contribution in [3.63, 3.8) is 0 Å². The highest BCUT2D eigenvalue weighted by Gasteiger charge is 2.17. The van der Waals surface area contributed by atoms with Gasteiger partial charge in [0.2, 0.25) is 0 Å². The van der Waals surface area contributed by atoms with Crippen molar-refractivity contribution in [2.45, 2.75) is 6.92 Å². The monoisotopic (exact) mass is 317 g/mol.